The lowest BCUT2D eigenvalue weighted by atomic mass is 9.98. The zero-order chi connectivity index (χ0) is 14.5. The highest BCUT2D eigenvalue weighted by Gasteiger charge is 2.16. The molecule has 0 aliphatic carbocycles. The van der Waals surface area contributed by atoms with Crippen molar-refractivity contribution in [2.45, 2.75) is 18.9 Å². The second-order valence-electron chi connectivity index (χ2n) is 4.68. The first kappa shape index (κ1) is 15.0. The summed E-state index contributed by atoms with van der Waals surface area (Å²) < 4.78 is 0. The van der Waals surface area contributed by atoms with Crippen molar-refractivity contribution in [1.29, 1.82) is 0 Å². The highest BCUT2D eigenvalue weighted by Crippen LogP contribution is 2.21. The number of rotatable bonds is 5. The summed E-state index contributed by atoms with van der Waals surface area (Å²) >= 11 is 12.0. The number of ketones is 1. The lowest BCUT2D eigenvalue weighted by molar-refractivity contribution is -0.119. The Morgan fingerprint density at radius 3 is 2.50 bits per heavy atom. The van der Waals surface area contributed by atoms with Gasteiger partial charge in [0.05, 0.1) is 6.04 Å². The number of carbonyl (C=O) groups is 1. The molecule has 20 heavy (non-hydrogen) atoms. The molecule has 0 bridgehead atoms. The smallest absolute Gasteiger partial charge is 0.154 e. The average Bonchev–Trinajstić information content (AvgIpc) is 2.44. The number of nitrogens with two attached hydrogens (primary N) is 1. The predicted octanol–water partition coefficient (Wildman–Crippen LogP) is 3.68. The van der Waals surface area contributed by atoms with Crippen molar-refractivity contribution in [2.24, 2.45) is 5.73 Å². The molecule has 0 heterocycles. The Morgan fingerprint density at radius 2 is 1.80 bits per heavy atom. The number of hydrogen-bond donors (Lipinski definition) is 1. The maximum absolute atomic E-state index is 12.2. The fourth-order valence-corrected chi connectivity index (χ4v) is 2.36. The summed E-state index contributed by atoms with van der Waals surface area (Å²) in [7, 11) is 0. The fourth-order valence-electron chi connectivity index (χ4n) is 1.98. The minimum absolute atomic E-state index is 0.0435. The van der Waals surface area contributed by atoms with Crippen molar-refractivity contribution in [2.75, 3.05) is 0 Å². The molecule has 0 aromatic heterocycles. The molecule has 1 atom stereocenters. The topological polar surface area (TPSA) is 43.1 Å². The molecular formula is C16H15Cl2NO. The third-order valence-corrected chi connectivity index (χ3v) is 3.69. The maximum Gasteiger partial charge on any atom is 0.154 e. The molecule has 0 amide bonds. The summed E-state index contributed by atoms with van der Waals surface area (Å²) in [5.41, 5.74) is 7.72. The Balaban J connectivity index is 2.02. The van der Waals surface area contributed by atoms with Gasteiger partial charge in [0.25, 0.3) is 0 Å². The molecule has 1 unspecified atom stereocenters. The Kier molecular flexibility index (Phi) is 5.18. The summed E-state index contributed by atoms with van der Waals surface area (Å²) in [6.45, 7) is 0. The molecule has 0 fully saturated rings. The summed E-state index contributed by atoms with van der Waals surface area (Å²) in [6.07, 6.45) is 0.727. The van der Waals surface area contributed by atoms with Crippen LogP contribution in [-0.2, 0) is 17.6 Å². The molecule has 0 spiro atoms. The van der Waals surface area contributed by atoms with Gasteiger partial charge >= 0.3 is 0 Å². The first-order valence-electron chi connectivity index (χ1n) is 6.32. The molecule has 2 aromatic carbocycles. The van der Waals surface area contributed by atoms with Crippen LogP contribution in [0, 0.1) is 0 Å². The standard InChI is InChI=1S/C16H15Cl2NO/c17-13-6-7-14(18)12(9-13)10-16(20)15(19)8-11-4-2-1-3-5-11/h1-7,9,15H,8,10,19H2. The molecule has 2 rings (SSSR count). The number of hydrogen-bond acceptors (Lipinski definition) is 2. The van der Waals surface area contributed by atoms with Crippen LogP contribution >= 0.6 is 23.2 Å². The van der Waals surface area contributed by atoms with Gasteiger partial charge in [-0.05, 0) is 35.7 Å². The van der Waals surface area contributed by atoms with Crippen LogP contribution in [0.4, 0.5) is 0 Å². The predicted molar refractivity (Wildman–Crippen MR) is 83.3 cm³/mol. The van der Waals surface area contributed by atoms with E-state index >= 15 is 0 Å². The van der Waals surface area contributed by atoms with Crippen molar-refractivity contribution < 1.29 is 4.79 Å². The summed E-state index contributed by atoms with van der Waals surface area (Å²) in [5.74, 6) is -0.0435. The van der Waals surface area contributed by atoms with Crippen molar-refractivity contribution >= 4 is 29.0 Å². The van der Waals surface area contributed by atoms with Crippen molar-refractivity contribution in [3.63, 3.8) is 0 Å². The third-order valence-electron chi connectivity index (χ3n) is 3.08. The van der Waals surface area contributed by atoms with E-state index in [4.69, 9.17) is 28.9 Å². The Bertz CT molecular complexity index is 599. The molecule has 4 heteroatoms. The van der Waals surface area contributed by atoms with E-state index in [1.54, 1.807) is 18.2 Å². The molecule has 2 aromatic rings. The quantitative estimate of drug-likeness (QED) is 0.915. The van der Waals surface area contributed by atoms with Crippen LogP contribution in [0.2, 0.25) is 10.0 Å². The van der Waals surface area contributed by atoms with E-state index in [0.29, 0.717) is 22.0 Å². The van der Waals surface area contributed by atoms with Crippen LogP contribution < -0.4 is 5.73 Å². The van der Waals surface area contributed by atoms with Gasteiger partial charge in [-0.1, -0.05) is 53.5 Å². The lowest BCUT2D eigenvalue weighted by Crippen LogP contribution is -2.34. The van der Waals surface area contributed by atoms with E-state index in [-0.39, 0.29) is 12.2 Å². The highest BCUT2D eigenvalue weighted by atomic mass is 35.5. The maximum atomic E-state index is 12.2. The molecule has 2 N–H and O–H groups in total. The normalized spacial score (nSPS) is 12.2. The van der Waals surface area contributed by atoms with E-state index in [2.05, 4.69) is 0 Å². The zero-order valence-electron chi connectivity index (χ0n) is 10.9. The Labute approximate surface area is 128 Å². The van der Waals surface area contributed by atoms with Crippen LogP contribution in [0.5, 0.6) is 0 Å². The average molecular weight is 308 g/mol. The van der Waals surface area contributed by atoms with Crippen molar-refractivity contribution in [3.8, 4) is 0 Å². The molecule has 0 radical (unpaired) electrons. The monoisotopic (exact) mass is 307 g/mol. The molecule has 0 saturated heterocycles. The van der Waals surface area contributed by atoms with Gasteiger partial charge in [-0.2, -0.15) is 0 Å². The fraction of sp³-hybridized carbons (Fsp3) is 0.188. The van der Waals surface area contributed by atoms with Crippen LogP contribution in [-0.4, -0.2) is 11.8 Å². The molecular weight excluding hydrogens is 293 g/mol. The second kappa shape index (κ2) is 6.89. The van der Waals surface area contributed by atoms with Crippen LogP contribution in [0.3, 0.4) is 0 Å². The molecule has 104 valence electrons. The SMILES string of the molecule is NC(Cc1ccccc1)C(=O)Cc1cc(Cl)ccc1Cl. The minimum atomic E-state index is -0.535. The first-order chi connectivity index (χ1) is 9.56. The number of carbonyl (C=O) groups excluding carboxylic acids is 1. The summed E-state index contributed by atoms with van der Waals surface area (Å²) in [6, 6.07) is 14.3. The van der Waals surface area contributed by atoms with E-state index in [1.165, 1.54) is 0 Å². The minimum Gasteiger partial charge on any atom is -0.321 e. The summed E-state index contributed by atoms with van der Waals surface area (Å²) in [4.78, 5) is 12.2. The third kappa shape index (κ3) is 4.07. The number of Topliss-reactive ketones (excluding diaryl/α,β-unsaturated/α-hetero) is 1. The van der Waals surface area contributed by atoms with Gasteiger partial charge in [0.1, 0.15) is 0 Å². The van der Waals surface area contributed by atoms with Gasteiger partial charge < -0.3 is 5.73 Å². The van der Waals surface area contributed by atoms with E-state index < -0.39 is 6.04 Å². The van der Waals surface area contributed by atoms with E-state index in [0.717, 1.165) is 5.56 Å². The van der Waals surface area contributed by atoms with Gasteiger partial charge in [0.2, 0.25) is 0 Å². The van der Waals surface area contributed by atoms with E-state index in [9.17, 15) is 4.79 Å². The number of benzene rings is 2. The lowest BCUT2D eigenvalue weighted by Gasteiger charge is -2.11. The summed E-state index contributed by atoms with van der Waals surface area (Å²) in [5, 5.41) is 1.10. The van der Waals surface area contributed by atoms with Crippen molar-refractivity contribution in [1.82, 2.24) is 0 Å². The first-order valence-corrected chi connectivity index (χ1v) is 7.08. The van der Waals surface area contributed by atoms with Gasteiger partial charge in [-0.3, -0.25) is 4.79 Å². The molecule has 0 saturated carbocycles. The van der Waals surface area contributed by atoms with E-state index in [1.807, 2.05) is 30.3 Å². The molecule has 0 aliphatic heterocycles. The highest BCUT2D eigenvalue weighted by molar-refractivity contribution is 6.33. The van der Waals surface area contributed by atoms with Gasteiger partial charge in [-0.15, -0.1) is 0 Å². The molecule has 2 nitrogen and oxygen atoms in total. The van der Waals surface area contributed by atoms with Gasteiger partial charge in [-0.25, -0.2) is 0 Å². The van der Waals surface area contributed by atoms with Gasteiger partial charge in [0, 0.05) is 16.5 Å². The Hall–Kier alpha value is -1.35. The largest absolute Gasteiger partial charge is 0.321 e. The number of halogens is 2. The molecule has 0 aliphatic rings. The van der Waals surface area contributed by atoms with Gasteiger partial charge in [0.15, 0.2) is 5.78 Å². The van der Waals surface area contributed by atoms with Crippen LogP contribution in [0.15, 0.2) is 48.5 Å². The van der Waals surface area contributed by atoms with Crippen LogP contribution in [0.1, 0.15) is 11.1 Å². The second-order valence-corrected chi connectivity index (χ2v) is 5.52. The van der Waals surface area contributed by atoms with Crippen molar-refractivity contribution in [3.05, 3.63) is 69.7 Å². The zero-order valence-corrected chi connectivity index (χ0v) is 12.4. The van der Waals surface area contributed by atoms with Crippen LogP contribution in [0.25, 0.3) is 0 Å². The Morgan fingerprint density at radius 1 is 1.10 bits per heavy atom.